The number of benzene rings is 2. The summed E-state index contributed by atoms with van der Waals surface area (Å²) in [6, 6.07) is 16.4. The van der Waals surface area contributed by atoms with Crippen LogP contribution in [0.5, 0.6) is 5.75 Å². The molecule has 0 saturated heterocycles. The number of ether oxygens (including phenoxy) is 1. The van der Waals surface area contributed by atoms with Crippen molar-refractivity contribution in [3.63, 3.8) is 0 Å². The summed E-state index contributed by atoms with van der Waals surface area (Å²) in [5.74, 6) is 0.777. The molecule has 3 N–H and O–H groups in total. The molecule has 2 aromatic carbocycles. The summed E-state index contributed by atoms with van der Waals surface area (Å²) in [6.45, 7) is 2.23. The number of rotatable bonds is 5. The average Bonchev–Trinajstić information content (AvgIpc) is 3.02. The zero-order valence-corrected chi connectivity index (χ0v) is 14.0. The molecule has 3 aromatic rings. The molecule has 3 rings (SSSR count). The first-order valence-electron chi connectivity index (χ1n) is 7.52. The Morgan fingerprint density at radius 1 is 1.25 bits per heavy atom. The molecule has 6 heteroatoms. The Labute approximate surface area is 143 Å². The van der Waals surface area contributed by atoms with Crippen LogP contribution in [0.1, 0.15) is 23.4 Å². The number of hydroxylamine groups is 2. The summed E-state index contributed by atoms with van der Waals surface area (Å²) in [4.78, 5) is 11.9. The Morgan fingerprint density at radius 3 is 2.71 bits per heavy atom. The summed E-state index contributed by atoms with van der Waals surface area (Å²) in [5.41, 5.74) is 6.22. The molecular weight excluding hydrogens is 324 g/mol. The predicted molar refractivity (Wildman–Crippen MR) is 94.2 cm³/mol. The smallest absolute Gasteiger partial charge is 0.339 e. The van der Waals surface area contributed by atoms with E-state index >= 15 is 0 Å². The maximum atomic E-state index is 11.1. The van der Waals surface area contributed by atoms with E-state index in [4.69, 9.17) is 10.5 Å². The van der Waals surface area contributed by atoms with Crippen molar-refractivity contribution in [3.8, 4) is 5.75 Å². The largest absolute Gasteiger partial charge is 0.489 e. The van der Waals surface area contributed by atoms with Crippen molar-refractivity contribution >= 4 is 27.5 Å². The van der Waals surface area contributed by atoms with Gasteiger partial charge in [0.05, 0.1) is 6.04 Å². The minimum Gasteiger partial charge on any atom is -0.489 e. The molecule has 0 aliphatic rings. The summed E-state index contributed by atoms with van der Waals surface area (Å²) in [6.07, 6.45) is 0. The van der Waals surface area contributed by atoms with Crippen LogP contribution >= 0.6 is 11.3 Å². The van der Waals surface area contributed by atoms with Gasteiger partial charge in [-0.25, -0.2) is 4.79 Å². The van der Waals surface area contributed by atoms with Gasteiger partial charge in [0.25, 0.3) is 0 Å². The van der Waals surface area contributed by atoms with Crippen LogP contribution in [0.4, 0.5) is 4.79 Å². The third-order valence-corrected chi connectivity index (χ3v) is 5.05. The molecule has 2 amide bonds. The van der Waals surface area contributed by atoms with Crippen LogP contribution < -0.4 is 10.5 Å². The Kier molecular flexibility index (Phi) is 4.69. The lowest BCUT2D eigenvalue weighted by Gasteiger charge is -2.18. The predicted octanol–water partition coefficient (Wildman–Crippen LogP) is 4.31. The van der Waals surface area contributed by atoms with Gasteiger partial charge in [-0.05, 0) is 42.1 Å². The van der Waals surface area contributed by atoms with Crippen molar-refractivity contribution in [2.75, 3.05) is 0 Å². The van der Waals surface area contributed by atoms with Gasteiger partial charge in [0.1, 0.15) is 12.4 Å². The lowest BCUT2D eigenvalue weighted by molar-refractivity contribution is -0.0700. The van der Waals surface area contributed by atoms with Gasteiger partial charge in [-0.1, -0.05) is 30.3 Å². The molecule has 124 valence electrons. The number of fused-ring (bicyclic) bond motifs is 1. The third-order valence-electron chi connectivity index (χ3n) is 3.76. The Morgan fingerprint density at radius 2 is 2.00 bits per heavy atom. The number of nitrogens with zero attached hydrogens (tertiary/aromatic N) is 1. The molecule has 1 unspecified atom stereocenters. The molecule has 1 atom stereocenters. The van der Waals surface area contributed by atoms with E-state index < -0.39 is 12.1 Å². The van der Waals surface area contributed by atoms with E-state index in [2.05, 4.69) is 0 Å². The van der Waals surface area contributed by atoms with Gasteiger partial charge >= 0.3 is 6.03 Å². The number of hydrogen-bond donors (Lipinski definition) is 2. The maximum absolute atomic E-state index is 11.1. The molecule has 24 heavy (non-hydrogen) atoms. The zero-order chi connectivity index (χ0) is 17.1. The summed E-state index contributed by atoms with van der Waals surface area (Å²) >= 11 is 1.51. The molecule has 1 heterocycles. The lowest BCUT2D eigenvalue weighted by Crippen LogP contribution is -2.34. The number of nitrogens with two attached hydrogens (primary N) is 1. The van der Waals surface area contributed by atoms with E-state index in [9.17, 15) is 10.0 Å². The first-order valence-corrected chi connectivity index (χ1v) is 8.34. The van der Waals surface area contributed by atoms with Crippen molar-refractivity contribution in [2.24, 2.45) is 5.73 Å². The van der Waals surface area contributed by atoms with Gasteiger partial charge in [-0.2, -0.15) is 5.06 Å². The van der Waals surface area contributed by atoms with E-state index in [1.165, 1.54) is 11.3 Å². The number of hydrogen-bond acceptors (Lipinski definition) is 4. The van der Waals surface area contributed by atoms with Crippen LogP contribution in [0.25, 0.3) is 10.1 Å². The highest BCUT2D eigenvalue weighted by atomic mass is 32.1. The highest BCUT2D eigenvalue weighted by molar-refractivity contribution is 7.19. The molecule has 0 bridgehead atoms. The summed E-state index contributed by atoms with van der Waals surface area (Å²) in [7, 11) is 0. The number of amides is 2. The minimum atomic E-state index is -0.869. The molecule has 0 aliphatic carbocycles. The zero-order valence-electron chi connectivity index (χ0n) is 13.2. The Balaban J connectivity index is 1.77. The molecular formula is C18H18N2O3S. The van der Waals surface area contributed by atoms with E-state index in [1.54, 1.807) is 6.92 Å². The fraction of sp³-hybridized carbons (Fsp3) is 0.167. The van der Waals surface area contributed by atoms with Crippen molar-refractivity contribution < 1.29 is 14.7 Å². The number of carbonyl (C=O) groups excluding carboxylic acids is 1. The van der Waals surface area contributed by atoms with Crippen molar-refractivity contribution in [2.45, 2.75) is 19.6 Å². The van der Waals surface area contributed by atoms with Crippen molar-refractivity contribution in [1.82, 2.24) is 5.06 Å². The second-order valence-electron chi connectivity index (χ2n) is 5.48. The molecule has 5 nitrogen and oxygen atoms in total. The highest BCUT2D eigenvalue weighted by Crippen LogP contribution is 2.34. The Bertz CT molecular complexity index is 848. The first kappa shape index (κ1) is 16.3. The SMILES string of the molecule is CC(c1cc2cc(OCc3ccccc3)ccc2s1)N(O)C(N)=O. The van der Waals surface area contributed by atoms with Gasteiger partial charge in [-0.3, -0.25) is 5.21 Å². The van der Waals surface area contributed by atoms with Gasteiger partial charge in [-0.15, -0.1) is 11.3 Å². The standard InChI is InChI=1S/C18H18N2O3S/c1-12(20(22)18(19)21)17-10-14-9-15(7-8-16(14)24-17)23-11-13-5-3-2-4-6-13/h2-10,12,22H,11H2,1H3,(H2,19,21). The molecule has 0 fully saturated rings. The van der Waals surface area contributed by atoms with E-state index in [0.29, 0.717) is 11.7 Å². The monoisotopic (exact) mass is 342 g/mol. The molecule has 0 spiro atoms. The molecule has 0 saturated carbocycles. The average molecular weight is 342 g/mol. The fourth-order valence-electron chi connectivity index (χ4n) is 2.39. The Hall–Kier alpha value is -2.57. The normalized spacial score (nSPS) is 12.1. The fourth-order valence-corrected chi connectivity index (χ4v) is 3.47. The van der Waals surface area contributed by atoms with Crippen LogP contribution in [0.3, 0.4) is 0 Å². The van der Waals surface area contributed by atoms with Crippen molar-refractivity contribution in [3.05, 3.63) is 65.0 Å². The summed E-state index contributed by atoms with van der Waals surface area (Å²) < 4.78 is 6.88. The van der Waals surface area contributed by atoms with Gasteiger partial charge in [0.15, 0.2) is 0 Å². The second kappa shape index (κ2) is 6.90. The molecule has 0 radical (unpaired) electrons. The van der Waals surface area contributed by atoms with Gasteiger partial charge in [0, 0.05) is 9.58 Å². The van der Waals surface area contributed by atoms with Crippen LogP contribution in [-0.4, -0.2) is 16.3 Å². The van der Waals surface area contributed by atoms with Crippen LogP contribution in [0, 0.1) is 0 Å². The van der Waals surface area contributed by atoms with Gasteiger partial charge in [0.2, 0.25) is 0 Å². The molecule has 1 aromatic heterocycles. The van der Waals surface area contributed by atoms with E-state index in [1.807, 2.05) is 54.6 Å². The minimum absolute atomic E-state index is 0.492. The highest BCUT2D eigenvalue weighted by Gasteiger charge is 2.19. The van der Waals surface area contributed by atoms with Crippen LogP contribution in [0.15, 0.2) is 54.6 Å². The second-order valence-corrected chi connectivity index (χ2v) is 6.60. The number of urea groups is 1. The van der Waals surface area contributed by atoms with Crippen LogP contribution in [0.2, 0.25) is 0 Å². The third kappa shape index (κ3) is 3.50. The first-order chi connectivity index (χ1) is 11.5. The van der Waals surface area contributed by atoms with E-state index in [0.717, 1.165) is 26.3 Å². The molecule has 0 aliphatic heterocycles. The lowest BCUT2D eigenvalue weighted by atomic mass is 10.2. The number of thiophene rings is 1. The number of carbonyl (C=O) groups is 1. The topological polar surface area (TPSA) is 75.8 Å². The summed E-state index contributed by atoms with van der Waals surface area (Å²) in [5, 5.41) is 11.2. The quantitative estimate of drug-likeness (QED) is 0.536. The number of primary amides is 1. The maximum Gasteiger partial charge on any atom is 0.339 e. The van der Waals surface area contributed by atoms with Crippen molar-refractivity contribution in [1.29, 1.82) is 0 Å². The van der Waals surface area contributed by atoms with Crippen LogP contribution in [-0.2, 0) is 6.61 Å². The van der Waals surface area contributed by atoms with Gasteiger partial charge < -0.3 is 10.5 Å². The van der Waals surface area contributed by atoms with E-state index in [-0.39, 0.29) is 0 Å².